The summed E-state index contributed by atoms with van der Waals surface area (Å²) in [5, 5.41) is 14.5. The second-order valence-corrected chi connectivity index (χ2v) is 10.5. The average Bonchev–Trinajstić information content (AvgIpc) is 3.69. The molecule has 6 aromatic rings. The Labute approximate surface area is 242 Å². The molecule has 0 aliphatic carbocycles. The van der Waals surface area contributed by atoms with E-state index in [1.807, 2.05) is 66.1 Å². The fourth-order valence-electron chi connectivity index (χ4n) is 5.48. The highest BCUT2D eigenvalue weighted by Crippen LogP contribution is 2.30. The summed E-state index contributed by atoms with van der Waals surface area (Å²) in [5.74, 6) is 1.34. The van der Waals surface area contributed by atoms with Crippen LogP contribution in [-0.4, -0.2) is 39.3 Å². The van der Waals surface area contributed by atoms with Crippen LogP contribution in [0.25, 0.3) is 33.7 Å². The molecule has 0 radical (unpaired) electrons. The number of hydrogen-bond acceptors (Lipinski definition) is 6. The number of aryl methyl sites for hydroxylation is 2. The van der Waals surface area contributed by atoms with Gasteiger partial charge in [0.25, 0.3) is 5.56 Å². The highest BCUT2D eigenvalue weighted by Gasteiger charge is 2.23. The minimum Gasteiger partial charge on any atom is -0.318 e. The standard InChI is InChI=1S/C32H32N8O2/c1-4-5-15-27-33-30-28(31(41)40(32(42)38(30)3)21(2)23-11-7-6-8-12-23)39(27)20-22-16-18-24(19-17-22)25-13-9-10-14-26(25)29-34-36-37-35-29/h6-14,16-19,21H,4-5,15,20H2,1-3H3,(H,34,35,36,37). The van der Waals surface area contributed by atoms with Gasteiger partial charge in [0.05, 0.1) is 6.04 Å². The number of H-pyrrole nitrogens is 1. The predicted molar refractivity (Wildman–Crippen MR) is 162 cm³/mol. The number of rotatable bonds is 9. The number of imidazole rings is 1. The minimum atomic E-state index is -0.428. The minimum absolute atomic E-state index is 0.328. The van der Waals surface area contributed by atoms with Crippen LogP contribution in [0, 0.1) is 0 Å². The molecular formula is C32H32N8O2. The van der Waals surface area contributed by atoms with E-state index >= 15 is 0 Å². The van der Waals surface area contributed by atoms with Gasteiger partial charge in [-0.25, -0.2) is 9.78 Å². The second-order valence-electron chi connectivity index (χ2n) is 10.5. The summed E-state index contributed by atoms with van der Waals surface area (Å²) in [6.07, 6.45) is 2.63. The molecule has 0 amide bonds. The first kappa shape index (κ1) is 27.1. The number of aromatic nitrogens is 8. The lowest BCUT2D eigenvalue weighted by Crippen LogP contribution is -2.41. The van der Waals surface area contributed by atoms with Gasteiger partial charge in [0.2, 0.25) is 5.82 Å². The van der Waals surface area contributed by atoms with Crippen LogP contribution < -0.4 is 11.2 Å². The molecule has 0 fully saturated rings. The molecule has 0 saturated carbocycles. The van der Waals surface area contributed by atoms with E-state index < -0.39 is 6.04 Å². The summed E-state index contributed by atoms with van der Waals surface area (Å²) in [6.45, 7) is 4.46. The number of aromatic amines is 1. The van der Waals surface area contributed by atoms with E-state index in [0.29, 0.717) is 30.0 Å². The quantitative estimate of drug-likeness (QED) is 0.273. The number of benzene rings is 3. The predicted octanol–water partition coefficient (Wildman–Crippen LogP) is 4.74. The van der Waals surface area contributed by atoms with Crippen LogP contribution in [0.15, 0.2) is 88.5 Å². The third kappa shape index (κ3) is 4.85. The second kappa shape index (κ2) is 11.4. The molecule has 1 N–H and O–H groups in total. The lowest BCUT2D eigenvalue weighted by atomic mass is 9.98. The van der Waals surface area contributed by atoms with Crippen molar-refractivity contribution in [2.45, 2.75) is 45.7 Å². The van der Waals surface area contributed by atoms with Gasteiger partial charge >= 0.3 is 5.69 Å². The third-order valence-electron chi connectivity index (χ3n) is 7.80. The summed E-state index contributed by atoms with van der Waals surface area (Å²) in [7, 11) is 1.69. The van der Waals surface area contributed by atoms with Crippen LogP contribution in [-0.2, 0) is 20.0 Å². The maximum atomic E-state index is 14.1. The maximum absolute atomic E-state index is 14.1. The molecule has 0 aliphatic heterocycles. The Hall–Kier alpha value is -5.12. The molecule has 3 aromatic carbocycles. The molecular weight excluding hydrogens is 528 g/mol. The Morgan fingerprint density at radius 2 is 1.62 bits per heavy atom. The van der Waals surface area contributed by atoms with Crippen LogP contribution >= 0.6 is 0 Å². The topological polar surface area (TPSA) is 116 Å². The van der Waals surface area contributed by atoms with Crippen molar-refractivity contribution in [1.29, 1.82) is 0 Å². The van der Waals surface area contributed by atoms with Crippen LogP contribution in [0.1, 0.15) is 49.7 Å². The van der Waals surface area contributed by atoms with Crippen LogP contribution in [0.4, 0.5) is 0 Å². The molecule has 212 valence electrons. The van der Waals surface area contributed by atoms with Gasteiger partial charge in [0.15, 0.2) is 11.2 Å². The lowest BCUT2D eigenvalue weighted by Gasteiger charge is -2.17. The molecule has 3 heterocycles. The van der Waals surface area contributed by atoms with Crippen molar-refractivity contribution >= 4 is 11.2 Å². The summed E-state index contributed by atoms with van der Waals surface area (Å²) in [6, 6.07) is 25.4. The number of unbranched alkanes of at least 4 members (excludes halogenated alkanes) is 1. The Bertz CT molecular complexity index is 1950. The van der Waals surface area contributed by atoms with Gasteiger partial charge in [0, 0.05) is 25.6 Å². The van der Waals surface area contributed by atoms with E-state index in [9.17, 15) is 9.59 Å². The van der Waals surface area contributed by atoms with E-state index in [1.54, 1.807) is 7.05 Å². The number of tetrazole rings is 1. The summed E-state index contributed by atoms with van der Waals surface area (Å²) >= 11 is 0. The highest BCUT2D eigenvalue weighted by atomic mass is 16.2. The van der Waals surface area contributed by atoms with Crippen molar-refractivity contribution in [2.24, 2.45) is 7.05 Å². The maximum Gasteiger partial charge on any atom is 0.333 e. The Balaban J connectivity index is 1.44. The third-order valence-corrected chi connectivity index (χ3v) is 7.80. The number of fused-ring (bicyclic) bond motifs is 1. The number of nitrogens with one attached hydrogen (secondary N) is 1. The monoisotopic (exact) mass is 560 g/mol. The van der Waals surface area contributed by atoms with Crippen molar-refractivity contribution in [3.8, 4) is 22.5 Å². The van der Waals surface area contributed by atoms with E-state index in [0.717, 1.165) is 46.5 Å². The van der Waals surface area contributed by atoms with Crippen molar-refractivity contribution in [3.05, 3.63) is 117 Å². The zero-order chi connectivity index (χ0) is 29.2. The fraction of sp³-hybridized carbons (Fsp3) is 0.250. The van der Waals surface area contributed by atoms with Gasteiger partial charge < -0.3 is 4.57 Å². The van der Waals surface area contributed by atoms with Crippen LogP contribution in [0.3, 0.4) is 0 Å². The zero-order valence-corrected chi connectivity index (χ0v) is 23.9. The van der Waals surface area contributed by atoms with Crippen molar-refractivity contribution < 1.29 is 0 Å². The van der Waals surface area contributed by atoms with Crippen molar-refractivity contribution in [1.82, 2.24) is 39.3 Å². The van der Waals surface area contributed by atoms with Gasteiger partial charge in [-0.15, -0.1) is 10.2 Å². The van der Waals surface area contributed by atoms with Crippen LogP contribution in [0.2, 0.25) is 0 Å². The molecule has 0 spiro atoms. The first-order valence-corrected chi connectivity index (χ1v) is 14.2. The van der Waals surface area contributed by atoms with E-state index in [1.165, 1.54) is 9.13 Å². The molecule has 6 rings (SSSR count). The summed E-state index contributed by atoms with van der Waals surface area (Å²) < 4.78 is 4.83. The first-order chi connectivity index (χ1) is 20.5. The molecule has 1 unspecified atom stereocenters. The summed E-state index contributed by atoms with van der Waals surface area (Å²) in [4.78, 5) is 32.4. The van der Waals surface area contributed by atoms with E-state index in [-0.39, 0.29) is 11.2 Å². The zero-order valence-electron chi connectivity index (χ0n) is 23.9. The normalized spacial score (nSPS) is 12.2. The van der Waals surface area contributed by atoms with E-state index in [2.05, 4.69) is 51.8 Å². The molecule has 3 aromatic heterocycles. The molecule has 10 nitrogen and oxygen atoms in total. The largest absolute Gasteiger partial charge is 0.333 e. The molecule has 0 saturated heterocycles. The first-order valence-electron chi connectivity index (χ1n) is 14.2. The number of nitrogens with zero attached hydrogens (tertiary/aromatic N) is 7. The fourth-order valence-corrected chi connectivity index (χ4v) is 5.48. The van der Waals surface area contributed by atoms with Crippen LogP contribution in [0.5, 0.6) is 0 Å². The highest BCUT2D eigenvalue weighted by molar-refractivity contribution is 5.80. The molecule has 0 aliphatic rings. The van der Waals surface area contributed by atoms with Crippen molar-refractivity contribution in [3.63, 3.8) is 0 Å². The molecule has 0 bridgehead atoms. The number of hydrogen-bond donors (Lipinski definition) is 1. The van der Waals surface area contributed by atoms with E-state index in [4.69, 9.17) is 4.98 Å². The average molecular weight is 561 g/mol. The Kier molecular flexibility index (Phi) is 7.35. The molecule has 42 heavy (non-hydrogen) atoms. The van der Waals surface area contributed by atoms with Gasteiger partial charge in [-0.1, -0.05) is 92.2 Å². The van der Waals surface area contributed by atoms with Gasteiger partial charge in [-0.05, 0) is 40.8 Å². The van der Waals surface area contributed by atoms with Gasteiger partial charge in [0.1, 0.15) is 5.82 Å². The summed E-state index contributed by atoms with van der Waals surface area (Å²) in [5.41, 5.74) is 4.96. The smallest absolute Gasteiger partial charge is 0.318 e. The molecule has 1 atom stereocenters. The van der Waals surface area contributed by atoms with Gasteiger partial charge in [-0.3, -0.25) is 13.9 Å². The SMILES string of the molecule is CCCCc1nc2c(c(=O)n(C(C)c3ccccc3)c(=O)n2C)n1Cc1ccc(-c2ccccc2-c2nn[nH]n2)cc1. The molecule has 10 heteroatoms. The van der Waals surface area contributed by atoms with Crippen molar-refractivity contribution in [2.75, 3.05) is 0 Å². The Morgan fingerprint density at radius 3 is 2.31 bits per heavy atom. The Morgan fingerprint density at radius 1 is 0.905 bits per heavy atom. The lowest BCUT2D eigenvalue weighted by molar-refractivity contribution is 0.557. The van der Waals surface area contributed by atoms with Gasteiger partial charge in [-0.2, -0.15) is 5.21 Å².